The molecule has 5 heteroatoms. The second-order valence-electron chi connectivity index (χ2n) is 2.44. The van der Waals surface area contributed by atoms with Gasteiger partial charge in [-0.25, -0.2) is 8.42 Å². The van der Waals surface area contributed by atoms with Crippen LogP contribution in [-0.2, 0) is 13.8 Å². The maximum atomic E-state index is 10.4. The second-order valence-corrected chi connectivity index (χ2v) is 5.33. The maximum absolute atomic E-state index is 10.4. The van der Waals surface area contributed by atoms with E-state index in [0.29, 0.717) is 25.6 Å². The van der Waals surface area contributed by atoms with Crippen LogP contribution in [0.1, 0.15) is 6.42 Å². The minimum absolute atomic E-state index is 0.0720. The number of hydrogen-bond acceptors (Lipinski definition) is 3. The molecule has 1 fully saturated rings. The number of hydrogen-bond donors (Lipinski definition) is 0. The molecule has 0 spiro atoms. The summed E-state index contributed by atoms with van der Waals surface area (Å²) in [6.45, 7) is 1.37. The van der Waals surface area contributed by atoms with E-state index in [0.717, 1.165) is 0 Å². The van der Waals surface area contributed by atoms with Gasteiger partial charge in [-0.1, -0.05) is 0 Å². The van der Waals surface area contributed by atoms with Crippen LogP contribution < -0.4 is 0 Å². The number of ether oxygens (including phenoxy) is 1. The molecule has 1 saturated heterocycles. The Bertz CT molecular complexity index is 195. The summed E-state index contributed by atoms with van der Waals surface area (Å²) in [7, 11) is 1.71. The van der Waals surface area contributed by atoms with Crippen molar-refractivity contribution in [2.24, 2.45) is 5.92 Å². The van der Waals surface area contributed by atoms with Gasteiger partial charge in [0.25, 0.3) is 0 Å². The Kier molecular flexibility index (Phi) is 2.55. The minimum Gasteiger partial charge on any atom is -0.381 e. The van der Waals surface area contributed by atoms with Crippen molar-refractivity contribution in [3.05, 3.63) is 0 Å². The molecule has 1 aliphatic heterocycles. The molecule has 0 unspecified atom stereocenters. The Morgan fingerprint density at radius 2 is 2.10 bits per heavy atom. The molecule has 3 nitrogen and oxygen atoms in total. The third-order valence-corrected chi connectivity index (χ3v) is 2.66. The molecular formula is C5H9ClO3S. The molecule has 0 amide bonds. The van der Waals surface area contributed by atoms with Gasteiger partial charge < -0.3 is 4.74 Å². The van der Waals surface area contributed by atoms with E-state index in [9.17, 15) is 8.42 Å². The zero-order valence-corrected chi connectivity index (χ0v) is 6.99. The first kappa shape index (κ1) is 8.30. The number of rotatable bonds is 3. The Labute approximate surface area is 64.7 Å². The average Bonchev–Trinajstić information content (AvgIpc) is 1.56. The molecule has 0 N–H and O–H groups in total. The van der Waals surface area contributed by atoms with Gasteiger partial charge in [0.1, 0.15) is 0 Å². The molecule has 0 aromatic carbocycles. The Hall–Kier alpha value is 0.200. The largest absolute Gasteiger partial charge is 0.381 e. The maximum Gasteiger partial charge on any atom is 0.232 e. The van der Waals surface area contributed by atoms with E-state index in [1.54, 1.807) is 0 Å². The highest BCUT2D eigenvalue weighted by atomic mass is 35.7. The van der Waals surface area contributed by atoms with Gasteiger partial charge in [0.05, 0.1) is 19.0 Å². The van der Waals surface area contributed by atoms with Crippen molar-refractivity contribution in [2.75, 3.05) is 19.0 Å². The van der Waals surface area contributed by atoms with Crippen LogP contribution in [0.4, 0.5) is 0 Å². The van der Waals surface area contributed by atoms with Crippen LogP contribution in [0.2, 0.25) is 0 Å². The minimum atomic E-state index is -3.28. The van der Waals surface area contributed by atoms with Gasteiger partial charge in [0.2, 0.25) is 9.05 Å². The quantitative estimate of drug-likeness (QED) is 0.603. The zero-order chi connectivity index (χ0) is 7.61. The first-order valence-corrected chi connectivity index (χ1v) is 5.56. The molecule has 10 heavy (non-hydrogen) atoms. The summed E-state index contributed by atoms with van der Waals surface area (Å²) in [5, 5.41) is 0. The topological polar surface area (TPSA) is 43.4 Å². The Balaban J connectivity index is 2.16. The summed E-state index contributed by atoms with van der Waals surface area (Å²) < 4.78 is 25.7. The van der Waals surface area contributed by atoms with Gasteiger partial charge in [-0.3, -0.25) is 0 Å². The standard InChI is InChI=1S/C5H9ClO3S/c6-10(7,8)2-1-5-3-9-4-5/h5H,1-4H2. The van der Waals surface area contributed by atoms with Crippen molar-refractivity contribution in [1.82, 2.24) is 0 Å². The van der Waals surface area contributed by atoms with Gasteiger partial charge in [0.15, 0.2) is 0 Å². The fourth-order valence-corrected chi connectivity index (χ4v) is 1.64. The smallest absolute Gasteiger partial charge is 0.232 e. The lowest BCUT2D eigenvalue weighted by Gasteiger charge is -2.24. The van der Waals surface area contributed by atoms with Crippen molar-refractivity contribution >= 4 is 19.7 Å². The summed E-state index contributed by atoms with van der Waals surface area (Å²) in [5.74, 6) is 0.483. The van der Waals surface area contributed by atoms with E-state index in [1.165, 1.54) is 0 Å². The molecule has 0 saturated carbocycles. The summed E-state index contributed by atoms with van der Waals surface area (Å²) in [4.78, 5) is 0. The monoisotopic (exact) mass is 184 g/mol. The highest BCUT2D eigenvalue weighted by Gasteiger charge is 2.20. The van der Waals surface area contributed by atoms with Crippen LogP contribution in [0.15, 0.2) is 0 Å². The highest BCUT2D eigenvalue weighted by molar-refractivity contribution is 8.13. The van der Waals surface area contributed by atoms with Crippen LogP contribution >= 0.6 is 10.7 Å². The molecule has 0 radical (unpaired) electrons. The lowest BCUT2D eigenvalue weighted by Crippen LogP contribution is -2.28. The normalized spacial score (nSPS) is 20.5. The molecule has 1 heterocycles. The number of halogens is 1. The molecule has 0 aromatic rings. The van der Waals surface area contributed by atoms with E-state index in [1.807, 2.05) is 0 Å². The van der Waals surface area contributed by atoms with Gasteiger partial charge in [0, 0.05) is 16.6 Å². The van der Waals surface area contributed by atoms with Crippen molar-refractivity contribution in [1.29, 1.82) is 0 Å². The fourth-order valence-electron chi connectivity index (χ4n) is 0.759. The Morgan fingerprint density at radius 3 is 2.40 bits per heavy atom. The van der Waals surface area contributed by atoms with E-state index < -0.39 is 9.05 Å². The lowest BCUT2D eigenvalue weighted by molar-refractivity contribution is -0.0327. The summed E-state index contributed by atoms with van der Waals surface area (Å²) >= 11 is 0. The SMILES string of the molecule is O=S(=O)(Cl)CCC1COC1. The molecule has 1 rings (SSSR count). The fraction of sp³-hybridized carbons (Fsp3) is 1.00. The van der Waals surface area contributed by atoms with Crippen LogP contribution in [0.5, 0.6) is 0 Å². The van der Waals surface area contributed by atoms with E-state index >= 15 is 0 Å². The van der Waals surface area contributed by atoms with Gasteiger partial charge >= 0.3 is 0 Å². The second kappa shape index (κ2) is 3.07. The van der Waals surface area contributed by atoms with Crippen LogP contribution in [-0.4, -0.2) is 27.4 Å². The van der Waals surface area contributed by atoms with Crippen molar-refractivity contribution in [3.63, 3.8) is 0 Å². The lowest BCUT2D eigenvalue weighted by atomic mass is 10.1. The Morgan fingerprint density at radius 1 is 1.50 bits per heavy atom. The van der Waals surface area contributed by atoms with Crippen LogP contribution in [0, 0.1) is 5.92 Å². The van der Waals surface area contributed by atoms with Gasteiger partial charge in [-0.2, -0.15) is 0 Å². The van der Waals surface area contributed by atoms with Crippen LogP contribution in [0.3, 0.4) is 0 Å². The van der Waals surface area contributed by atoms with Crippen molar-refractivity contribution in [2.45, 2.75) is 6.42 Å². The van der Waals surface area contributed by atoms with Gasteiger partial charge in [-0.15, -0.1) is 0 Å². The average molecular weight is 185 g/mol. The van der Waals surface area contributed by atoms with Gasteiger partial charge in [-0.05, 0) is 6.42 Å². The van der Waals surface area contributed by atoms with Crippen molar-refractivity contribution < 1.29 is 13.2 Å². The molecular weight excluding hydrogens is 176 g/mol. The first-order chi connectivity index (χ1) is 4.58. The first-order valence-electron chi connectivity index (χ1n) is 3.08. The highest BCUT2D eigenvalue weighted by Crippen LogP contribution is 2.15. The zero-order valence-electron chi connectivity index (χ0n) is 5.42. The van der Waals surface area contributed by atoms with Crippen LogP contribution in [0.25, 0.3) is 0 Å². The van der Waals surface area contributed by atoms with E-state index in [2.05, 4.69) is 0 Å². The molecule has 0 atom stereocenters. The van der Waals surface area contributed by atoms with E-state index in [4.69, 9.17) is 15.4 Å². The van der Waals surface area contributed by atoms with E-state index in [-0.39, 0.29) is 5.75 Å². The third-order valence-electron chi connectivity index (χ3n) is 1.48. The molecule has 0 aromatic heterocycles. The summed E-state index contributed by atoms with van der Waals surface area (Å²) in [5.41, 5.74) is 0. The molecule has 60 valence electrons. The molecule has 0 aliphatic carbocycles. The predicted molar refractivity (Wildman–Crippen MR) is 38.6 cm³/mol. The molecule has 1 aliphatic rings. The van der Waals surface area contributed by atoms with Crippen molar-refractivity contribution in [3.8, 4) is 0 Å². The summed E-state index contributed by atoms with van der Waals surface area (Å²) in [6.07, 6.45) is 0.631. The third kappa shape index (κ3) is 2.86. The molecule has 0 bridgehead atoms. The summed E-state index contributed by atoms with van der Waals surface area (Å²) in [6, 6.07) is 0. The predicted octanol–water partition coefficient (Wildman–Crippen LogP) is 0.592.